The molecule has 0 spiro atoms. The molecule has 0 aromatic heterocycles. The average Bonchev–Trinajstić information content (AvgIpc) is 2.88. The number of methoxy groups -OCH3 is 1. The fourth-order valence-corrected chi connectivity index (χ4v) is 4.27. The van der Waals surface area contributed by atoms with Gasteiger partial charge in [-0.05, 0) is 73.6 Å². The van der Waals surface area contributed by atoms with Crippen LogP contribution in [0.4, 0.5) is 20.2 Å². The summed E-state index contributed by atoms with van der Waals surface area (Å²) >= 11 is 0. The second kappa shape index (κ2) is 14.0. The van der Waals surface area contributed by atoms with Crippen LogP contribution < -0.4 is 14.5 Å². The van der Waals surface area contributed by atoms with Gasteiger partial charge in [-0.15, -0.1) is 24.8 Å². The van der Waals surface area contributed by atoms with Gasteiger partial charge in [0, 0.05) is 44.0 Å². The van der Waals surface area contributed by atoms with E-state index in [9.17, 15) is 13.6 Å². The van der Waals surface area contributed by atoms with Crippen molar-refractivity contribution in [2.45, 2.75) is 6.42 Å². The van der Waals surface area contributed by atoms with Crippen LogP contribution in [0.25, 0.3) is 0 Å². The van der Waals surface area contributed by atoms with Gasteiger partial charge in [-0.1, -0.05) is 12.1 Å². The summed E-state index contributed by atoms with van der Waals surface area (Å²) in [5, 5.41) is 0. The smallest absolute Gasteiger partial charge is 0.258 e. The number of para-hydroxylation sites is 2. The lowest BCUT2D eigenvalue weighted by atomic mass is 10.1. The van der Waals surface area contributed by atoms with E-state index in [1.165, 1.54) is 36.4 Å². The molecule has 4 rings (SSSR count). The van der Waals surface area contributed by atoms with Crippen molar-refractivity contribution in [1.82, 2.24) is 4.90 Å². The summed E-state index contributed by atoms with van der Waals surface area (Å²) in [6.45, 7) is 4.96. The Labute approximate surface area is 223 Å². The van der Waals surface area contributed by atoms with Crippen LogP contribution in [-0.2, 0) is 0 Å². The molecule has 1 fully saturated rings. The van der Waals surface area contributed by atoms with E-state index < -0.39 is 5.82 Å². The molecule has 1 saturated heterocycles. The van der Waals surface area contributed by atoms with Crippen molar-refractivity contribution in [2.24, 2.45) is 0 Å². The van der Waals surface area contributed by atoms with Gasteiger partial charge in [0.1, 0.15) is 17.4 Å². The zero-order valence-electron chi connectivity index (χ0n) is 20.1. The van der Waals surface area contributed by atoms with Gasteiger partial charge in [-0.25, -0.2) is 8.78 Å². The molecule has 0 unspecified atom stereocenters. The Morgan fingerprint density at radius 3 is 2.06 bits per heavy atom. The van der Waals surface area contributed by atoms with Gasteiger partial charge in [-0.3, -0.25) is 9.69 Å². The normalized spacial score (nSPS) is 13.4. The molecule has 3 aromatic rings. The van der Waals surface area contributed by atoms with Crippen molar-refractivity contribution in [3.05, 3.63) is 90.0 Å². The van der Waals surface area contributed by atoms with E-state index in [1.54, 1.807) is 24.1 Å². The zero-order chi connectivity index (χ0) is 23.9. The van der Waals surface area contributed by atoms with Crippen LogP contribution in [0.1, 0.15) is 16.8 Å². The molecule has 194 valence electrons. The predicted octanol–water partition coefficient (Wildman–Crippen LogP) is 5.68. The molecule has 1 amide bonds. The van der Waals surface area contributed by atoms with Gasteiger partial charge in [0.05, 0.1) is 12.8 Å². The number of hydrogen-bond donors (Lipinski definition) is 0. The van der Waals surface area contributed by atoms with Crippen molar-refractivity contribution >= 4 is 42.1 Å². The van der Waals surface area contributed by atoms with Crippen molar-refractivity contribution < 1.29 is 18.3 Å². The van der Waals surface area contributed by atoms with E-state index in [1.807, 2.05) is 18.2 Å². The maximum absolute atomic E-state index is 13.5. The highest BCUT2D eigenvalue weighted by molar-refractivity contribution is 6.06. The Morgan fingerprint density at radius 2 is 1.44 bits per heavy atom. The summed E-state index contributed by atoms with van der Waals surface area (Å²) in [5.41, 5.74) is 2.13. The highest BCUT2D eigenvalue weighted by Crippen LogP contribution is 2.28. The minimum Gasteiger partial charge on any atom is -0.495 e. The van der Waals surface area contributed by atoms with Crippen LogP contribution >= 0.6 is 24.8 Å². The van der Waals surface area contributed by atoms with Gasteiger partial charge < -0.3 is 14.5 Å². The fraction of sp³-hybridized carbons (Fsp3) is 0.296. The van der Waals surface area contributed by atoms with Crippen molar-refractivity contribution in [3.8, 4) is 5.75 Å². The van der Waals surface area contributed by atoms with E-state index in [0.717, 1.165) is 50.6 Å². The van der Waals surface area contributed by atoms with E-state index >= 15 is 0 Å². The zero-order valence-corrected chi connectivity index (χ0v) is 21.7. The van der Waals surface area contributed by atoms with E-state index in [4.69, 9.17) is 4.74 Å². The van der Waals surface area contributed by atoms with Crippen molar-refractivity contribution in [3.63, 3.8) is 0 Å². The third-order valence-electron chi connectivity index (χ3n) is 6.13. The summed E-state index contributed by atoms with van der Waals surface area (Å²) < 4.78 is 32.3. The number of piperazine rings is 1. The molecule has 0 atom stereocenters. The number of benzene rings is 3. The Morgan fingerprint density at radius 1 is 0.861 bits per heavy atom. The van der Waals surface area contributed by atoms with Crippen LogP contribution in [0.15, 0.2) is 72.8 Å². The maximum Gasteiger partial charge on any atom is 0.258 e. The molecule has 36 heavy (non-hydrogen) atoms. The number of nitrogens with zero attached hydrogens (tertiary/aromatic N) is 3. The standard InChI is InChI=1S/C27H29F2N3O2.2ClH/c1-34-26-6-3-2-5-25(26)31-19-17-30(18-20-31)15-4-16-32(24-13-11-23(29)12-14-24)27(33)21-7-9-22(28)10-8-21;;/h2-3,5-14H,4,15-20H2,1H3;2*1H. The third kappa shape index (κ3) is 7.32. The lowest BCUT2D eigenvalue weighted by molar-refractivity contribution is 0.0985. The van der Waals surface area contributed by atoms with Crippen LogP contribution in [-0.4, -0.2) is 57.2 Å². The minimum absolute atomic E-state index is 0. The number of anilines is 2. The van der Waals surface area contributed by atoms with Crippen molar-refractivity contribution in [1.29, 1.82) is 0 Å². The Bertz CT molecular complexity index is 1090. The van der Waals surface area contributed by atoms with E-state index in [0.29, 0.717) is 17.8 Å². The molecule has 0 bridgehead atoms. The van der Waals surface area contributed by atoms with Crippen LogP contribution in [0.2, 0.25) is 0 Å². The highest BCUT2D eigenvalue weighted by Gasteiger charge is 2.21. The number of hydrogen-bond acceptors (Lipinski definition) is 4. The number of carbonyl (C=O) groups is 1. The van der Waals surface area contributed by atoms with Crippen LogP contribution in [0, 0.1) is 11.6 Å². The average molecular weight is 538 g/mol. The molecule has 0 N–H and O–H groups in total. The quantitative estimate of drug-likeness (QED) is 0.370. The van der Waals surface area contributed by atoms with Gasteiger partial charge >= 0.3 is 0 Å². The maximum atomic E-state index is 13.5. The summed E-state index contributed by atoms with van der Waals surface area (Å²) in [5.74, 6) is -0.0965. The van der Waals surface area contributed by atoms with Gasteiger partial charge in [0.25, 0.3) is 5.91 Å². The summed E-state index contributed by atoms with van der Waals surface area (Å²) in [6, 6.07) is 19.4. The Kier molecular flexibility index (Phi) is 11.4. The first-order chi connectivity index (χ1) is 16.5. The lowest BCUT2D eigenvalue weighted by Crippen LogP contribution is -2.47. The first kappa shape index (κ1) is 29.4. The largest absolute Gasteiger partial charge is 0.495 e. The second-order valence-electron chi connectivity index (χ2n) is 8.29. The van der Waals surface area contributed by atoms with Crippen molar-refractivity contribution in [2.75, 3.05) is 56.2 Å². The number of carbonyl (C=O) groups excluding carboxylic acids is 1. The Hall–Kier alpha value is -2.87. The predicted molar refractivity (Wildman–Crippen MR) is 145 cm³/mol. The van der Waals surface area contributed by atoms with Gasteiger partial charge in [-0.2, -0.15) is 0 Å². The van der Waals surface area contributed by atoms with E-state index in [2.05, 4.69) is 15.9 Å². The molecule has 5 nitrogen and oxygen atoms in total. The molecular weight excluding hydrogens is 507 g/mol. The topological polar surface area (TPSA) is 36.0 Å². The number of amides is 1. The molecule has 1 aliphatic heterocycles. The summed E-state index contributed by atoms with van der Waals surface area (Å²) in [6.07, 6.45) is 0.763. The first-order valence-corrected chi connectivity index (χ1v) is 11.5. The number of halogens is 4. The summed E-state index contributed by atoms with van der Waals surface area (Å²) in [4.78, 5) is 19.5. The molecular formula is C27H31Cl2F2N3O2. The van der Waals surface area contributed by atoms with Gasteiger partial charge in [0.15, 0.2) is 0 Å². The molecule has 3 aromatic carbocycles. The second-order valence-corrected chi connectivity index (χ2v) is 8.29. The monoisotopic (exact) mass is 537 g/mol. The number of ether oxygens (including phenoxy) is 1. The van der Waals surface area contributed by atoms with E-state index in [-0.39, 0.29) is 36.5 Å². The molecule has 9 heteroatoms. The fourth-order valence-electron chi connectivity index (χ4n) is 4.27. The lowest BCUT2D eigenvalue weighted by Gasteiger charge is -2.37. The third-order valence-corrected chi connectivity index (χ3v) is 6.13. The molecule has 0 aliphatic carbocycles. The molecule has 0 radical (unpaired) electrons. The molecule has 1 heterocycles. The van der Waals surface area contributed by atoms with Gasteiger partial charge in [0.2, 0.25) is 0 Å². The van der Waals surface area contributed by atoms with Crippen LogP contribution in [0.3, 0.4) is 0 Å². The highest BCUT2D eigenvalue weighted by atomic mass is 35.5. The molecule has 0 saturated carbocycles. The summed E-state index contributed by atoms with van der Waals surface area (Å²) in [7, 11) is 1.69. The SMILES string of the molecule is COc1ccccc1N1CCN(CCCN(C(=O)c2ccc(F)cc2)c2ccc(F)cc2)CC1.Cl.Cl. The minimum atomic E-state index is -0.392. The Balaban J connectivity index is 0.00000228. The van der Waals surface area contributed by atoms with Crippen LogP contribution in [0.5, 0.6) is 5.75 Å². The molecule has 1 aliphatic rings. The first-order valence-electron chi connectivity index (χ1n) is 11.5. The number of rotatable bonds is 8.